The smallest absolute Gasteiger partial charge is 0.250 e. The van der Waals surface area contributed by atoms with E-state index in [-0.39, 0.29) is 35.6 Å². The fraction of sp³-hybridized carbons (Fsp3) is 0.455. The van der Waals surface area contributed by atoms with Crippen LogP contribution in [0.3, 0.4) is 0 Å². The molecule has 0 atom stereocenters. The van der Waals surface area contributed by atoms with Crippen molar-refractivity contribution in [2.45, 2.75) is 52.8 Å². The molecule has 1 aromatic heterocycles. The van der Waals surface area contributed by atoms with E-state index in [0.29, 0.717) is 6.54 Å². The molecular formula is C22H33IN4O2. The summed E-state index contributed by atoms with van der Waals surface area (Å²) in [4.78, 5) is 16.0. The van der Waals surface area contributed by atoms with Gasteiger partial charge in [-0.15, -0.1) is 24.0 Å². The number of hydrogen-bond donors (Lipinski definition) is 2. The SMILES string of the molecule is CN=C(NCCCCn1ccccc1=O)NCc1ccc(C)cc1OC(C)C.I. The van der Waals surface area contributed by atoms with Crippen molar-refractivity contribution in [3.63, 3.8) is 0 Å². The molecule has 160 valence electrons. The van der Waals surface area contributed by atoms with Gasteiger partial charge in [-0.05, 0) is 51.3 Å². The first-order valence-corrected chi connectivity index (χ1v) is 9.85. The molecule has 0 radical (unpaired) electrons. The average molecular weight is 512 g/mol. The zero-order valence-corrected chi connectivity index (χ0v) is 20.1. The van der Waals surface area contributed by atoms with Crippen molar-refractivity contribution in [2.24, 2.45) is 4.99 Å². The molecule has 0 spiro atoms. The van der Waals surface area contributed by atoms with Crippen LogP contribution in [0, 0.1) is 6.92 Å². The summed E-state index contributed by atoms with van der Waals surface area (Å²) in [6, 6.07) is 11.5. The Bertz CT molecular complexity index is 834. The number of unbranched alkanes of at least 4 members (excludes halogenated alkanes) is 1. The number of ether oxygens (including phenoxy) is 1. The minimum absolute atomic E-state index is 0. The van der Waals surface area contributed by atoms with Gasteiger partial charge in [0.2, 0.25) is 5.56 Å². The molecule has 6 nitrogen and oxygen atoms in total. The number of nitrogens with one attached hydrogen (secondary N) is 2. The number of nitrogens with zero attached hydrogens (tertiary/aromatic N) is 2. The van der Waals surface area contributed by atoms with Crippen LogP contribution in [-0.2, 0) is 13.1 Å². The molecule has 2 aromatic rings. The largest absolute Gasteiger partial charge is 0.491 e. The van der Waals surface area contributed by atoms with Gasteiger partial charge in [-0.2, -0.15) is 0 Å². The minimum atomic E-state index is 0. The molecule has 0 bridgehead atoms. The third-order valence-corrected chi connectivity index (χ3v) is 4.27. The predicted molar refractivity (Wildman–Crippen MR) is 130 cm³/mol. The summed E-state index contributed by atoms with van der Waals surface area (Å²) < 4.78 is 7.67. The monoisotopic (exact) mass is 512 g/mol. The van der Waals surface area contributed by atoms with E-state index in [1.165, 1.54) is 5.56 Å². The first kappa shape index (κ1) is 25.0. The molecule has 1 aromatic carbocycles. The lowest BCUT2D eigenvalue weighted by atomic mass is 10.1. The van der Waals surface area contributed by atoms with Crippen LogP contribution in [0.2, 0.25) is 0 Å². The molecule has 0 aliphatic carbocycles. The van der Waals surface area contributed by atoms with Crippen LogP contribution in [-0.4, -0.2) is 30.2 Å². The molecule has 0 fully saturated rings. The van der Waals surface area contributed by atoms with Crippen molar-refractivity contribution in [3.8, 4) is 5.75 Å². The highest BCUT2D eigenvalue weighted by Crippen LogP contribution is 2.21. The summed E-state index contributed by atoms with van der Waals surface area (Å²) in [6.45, 7) is 8.29. The Labute approximate surface area is 190 Å². The molecule has 0 saturated carbocycles. The Hall–Kier alpha value is -2.03. The number of benzene rings is 1. The first-order valence-electron chi connectivity index (χ1n) is 9.85. The molecule has 2 N–H and O–H groups in total. The predicted octanol–water partition coefficient (Wildman–Crippen LogP) is 3.71. The maximum atomic E-state index is 11.7. The van der Waals surface area contributed by atoms with Crippen LogP contribution in [0.4, 0.5) is 0 Å². The van der Waals surface area contributed by atoms with Crippen molar-refractivity contribution < 1.29 is 4.74 Å². The topological polar surface area (TPSA) is 67.7 Å². The van der Waals surface area contributed by atoms with Gasteiger partial charge in [-0.1, -0.05) is 18.2 Å². The third-order valence-electron chi connectivity index (χ3n) is 4.27. The molecular weight excluding hydrogens is 479 g/mol. The molecule has 0 aliphatic rings. The zero-order chi connectivity index (χ0) is 20.4. The van der Waals surface area contributed by atoms with E-state index in [9.17, 15) is 4.79 Å². The second-order valence-corrected chi connectivity index (χ2v) is 7.07. The van der Waals surface area contributed by atoms with Gasteiger partial charge >= 0.3 is 0 Å². The first-order chi connectivity index (χ1) is 13.5. The quantitative estimate of drug-likeness (QED) is 0.233. The minimum Gasteiger partial charge on any atom is -0.491 e. The average Bonchev–Trinajstić information content (AvgIpc) is 2.66. The van der Waals surface area contributed by atoms with Crippen molar-refractivity contribution >= 4 is 29.9 Å². The Morgan fingerprint density at radius 1 is 1.17 bits per heavy atom. The van der Waals surface area contributed by atoms with E-state index in [2.05, 4.69) is 40.7 Å². The van der Waals surface area contributed by atoms with Crippen LogP contribution < -0.4 is 20.9 Å². The number of aromatic nitrogens is 1. The summed E-state index contributed by atoms with van der Waals surface area (Å²) in [7, 11) is 1.76. The van der Waals surface area contributed by atoms with Crippen LogP contribution in [0.5, 0.6) is 5.75 Å². The van der Waals surface area contributed by atoms with Crippen molar-refractivity contribution in [3.05, 3.63) is 64.1 Å². The number of aliphatic imine (C=N–C) groups is 1. The maximum absolute atomic E-state index is 11.7. The summed E-state index contributed by atoms with van der Waals surface area (Å²) in [5.41, 5.74) is 2.33. The zero-order valence-electron chi connectivity index (χ0n) is 17.8. The van der Waals surface area contributed by atoms with E-state index >= 15 is 0 Å². The Kier molecular flexibility index (Phi) is 11.4. The lowest BCUT2D eigenvalue weighted by molar-refractivity contribution is 0.239. The Balaban J connectivity index is 0.00000420. The number of guanidine groups is 1. The second-order valence-electron chi connectivity index (χ2n) is 7.07. The lowest BCUT2D eigenvalue weighted by Gasteiger charge is -2.17. The standard InChI is InChI=1S/C22H32N4O2.HI/c1-17(2)28-20-15-18(3)10-11-19(20)16-25-22(23-4)24-12-6-8-14-26-13-7-5-9-21(26)27;/h5,7,9-11,13,15,17H,6,8,12,14,16H2,1-4H3,(H2,23,24,25);1H. The number of hydrogen-bond acceptors (Lipinski definition) is 3. The summed E-state index contributed by atoms with van der Waals surface area (Å²) in [5.74, 6) is 1.67. The third kappa shape index (κ3) is 8.89. The second kappa shape index (κ2) is 13.2. The number of halogens is 1. The van der Waals surface area contributed by atoms with Crippen LogP contribution in [0.15, 0.2) is 52.4 Å². The van der Waals surface area contributed by atoms with Crippen LogP contribution in [0.25, 0.3) is 0 Å². The molecule has 0 unspecified atom stereocenters. The van der Waals surface area contributed by atoms with Gasteiger partial charge in [0.15, 0.2) is 5.96 Å². The van der Waals surface area contributed by atoms with Gasteiger partial charge < -0.3 is 19.9 Å². The van der Waals surface area contributed by atoms with Gasteiger partial charge in [0.1, 0.15) is 5.75 Å². The fourth-order valence-electron chi connectivity index (χ4n) is 2.83. The van der Waals surface area contributed by atoms with Gasteiger partial charge in [0.05, 0.1) is 6.10 Å². The molecule has 0 aliphatic heterocycles. The highest BCUT2D eigenvalue weighted by Gasteiger charge is 2.07. The number of aryl methyl sites for hydroxylation is 2. The number of pyridine rings is 1. The van der Waals surface area contributed by atoms with Crippen molar-refractivity contribution in [1.29, 1.82) is 0 Å². The van der Waals surface area contributed by atoms with E-state index < -0.39 is 0 Å². The highest BCUT2D eigenvalue weighted by atomic mass is 127. The molecule has 1 heterocycles. The molecule has 7 heteroatoms. The summed E-state index contributed by atoms with van der Waals surface area (Å²) in [6.07, 6.45) is 3.84. The normalized spacial score (nSPS) is 11.1. The van der Waals surface area contributed by atoms with Crippen molar-refractivity contribution in [1.82, 2.24) is 15.2 Å². The van der Waals surface area contributed by atoms with Gasteiger partial charge in [0, 0.05) is 44.5 Å². The van der Waals surface area contributed by atoms with E-state index in [1.807, 2.05) is 26.1 Å². The molecule has 0 amide bonds. The van der Waals surface area contributed by atoms with E-state index in [1.54, 1.807) is 23.7 Å². The molecule has 2 rings (SSSR count). The number of rotatable bonds is 9. The summed E-state index contributed by atoms with van der Waals surface area (Å²) in [5, 5.41) is 6.66. The Morgan fingerprint density at radius 2 is 1.97 bits per heavy atom. The fourth-order valence-corrected chi connectivity index (χ4v) is 2.83. The van der Waals surface area contributed by atoms with E-state index in [0.717, 1.165) is 43.2 Å². The van der Waals surface area contributed by atoms with E-state index in [4.69, 9.17) is 4.74 Å². The molecule has 29 heavy (non-hydrogen) atoms. The van der Waals surface area contributed by atoms with Crippen LogP contribution in [0.1, 0.15) is 37.8 Å². The van der Waals surface area contributed by atoms with Gasteiger partial charge in [0.25, 0.3) is 0 Å². The lowest BCUT2D eigenvalue weighted by Crippen LogP contribution is -2.37. The van der Waals surface area contributed by atoms with Gasteiger partial charge in [-0.3, -0.25) is 9.79 Å². The Morgan fingerprint density at radius 3 is 2.66 bits per heavy atom. The maximum Gasteiger partial charge on any atom is 0.250 e. The van der Waals surface area contributed by atoms with Crippen LogP contribution >= 0.6 is 24.0 Å². The molecule has 0 saturated heterocycles. The van der Waals surface area contributed by atoms with Crippen molar-refractivity contribution in [2.75, 3.05) is 13.6 Å². The summed E-state index contributed by atoms with van der Waals surface area (Å²) >= 11 is 0. The van der Waals surface area contributed by atoms with Gasteiger partial charge in [-0.25, -0.2) is 0 Å². The highest BCUT2D eigenvalue weighted by molar-refractivity contribution is 14.0.